The number of rotatable bonds is 4. The SMILES string of the molecule is COc1ccc([C@@H]2OC(=O)N(C)[C@]2(O)c2ccc(OC)cc2)cc1. The molecule has 2 atom stereocenters. The van der Waals surface area contributed by atoms with Crippen molar-refractivity contribution in [2.75, 3.05) is 21.3 Å². The van der Waals surface area contributed by atoms with Crippen molar-refractivity contribution < 1.29 is 24.1 Å². The summed E-state index contributed by atoms with van der Waals surface area (Å²) in [7, 11) is 4.65. The van der Waals surface area contributed by atoms with Crippen LogP contribution >= 0.6 is 0 Å². The molecule has 6 heteroatoms. The topological polar surface area (TPSA) is 68.2 Å². The fourth-order valence-corrected chi connectivity index (χ4v) is 2.84. The Morgan fingerprint density at radius 2 is 1.50 bits per heavy atom. The van der Waals surface area contributed by atoms with Crippen molar-refractivity contribution in [1.29, 1.82) is 0 Å². The second-order valence-corrected chi connectivity index (χ2v) is 5.55. The smallest absolute Gasteiger partial charge is 0.412 e. The molecular formula is C18H19NO5. The van der Waals surface area contributed by atoms with Gasteiger partial charge in [-0.05, 0) is 29.8 Å². The van der Waals surface area contributed by atoms with Crippen molar-refractivity contribution in [3.63, 3.8) is 0 Å². The van der Waals surface area contributed by atoms with Crippen LogP contribution in [0.4, 0.5) is 4.79 Å². The van der Waals surface area contributed by atoms with E-state index in [-0.39, 0.29) is 0 Å². The number of ether oxygens (including phenoxy) is 3. The van der Waals surface area contributed by atoms with E-state index < -0.39 is 17.9 Å². The molecule has 1 fully saturated rings. The third-order valence-electron chi connectivity index (χ3n) is 4.30. The third kappa shape index (κ3) is 2.45. The van der Waals surface area contributed by atoms with Gasteiger partial charge in [0.1, 0.15) is 11.5 Å². The number of benzene rings is 2. The Balaban J connectivity index is 2.04. The Hall–Kier alpha value is -2.73. The maximum Gasteiger partial charge on any atom is 0.412 e. The molecule has 3 rings (SSSR count). The Morgan fingerprint density at radius 1 is 1.00 bits per heavy atom. The van der Waals surface area contributed by atoms with E-state index in [1.807, 2.05) is 0 Å². The quantitative estimate of drug-likeness (QED) is 0.934. The molecule has 0 bridgehead atoms. The maximum atomic E-state index is 12.1. The van der Waals surface area contributed by atoms with E-state index in [1.54, 1.807) is 62.8 Å². The first-order chi connectivity index (χ1) is 11.5. The highest BCUT2D eigenvalue weighted by Gasteiger charge is 2.54. The van der Waals surface area contributed by atoms with Gasteiger partial charge in [-0.1, -0.05) is 24.3 Å². The number of likely N-dealkylation sites (N-methyl/N-ethyl adjacent to an activating group) is 1. The van der Waals surface area contributed by atoms with E-state index >= 15 is 0 Å². The molecule has 1 N–H and O–H groups in total. The predicted octanol–water partition coefficient (Wildman–Crippen LogP) is 2.67. The number of carbonyl (C=O) groups is 1. The lowest BCUT2D eigenvalue weighted by molar-refractivity contribution is -0.101. The van der Waals surface area contributed by atoms with Crippen LogP contribution in [0.2, 0.25) is 0 Å². The minimum atomic E-state index is -1.61. The molecule has 1 amide bonds. The summed E-state index contributed by atoms with van der Waals surface area (Å²) < 4.78 is 15.7. The largest absolute Gasteiger partial charge is 0.497 e. The zero-order valence-corrected chi connectivity index (χ0v) is 13.7. The molecule has 0 aromatic heterocycles. The molecule has 1 heterocycles. The molecule has 24 heavy (non-hydrogen) atoms. The van der Waals surface area contributed by atoms with Crippen LogP contribution < -0.4 is 9.47 Å². The van der Waals surface area contributed by atoms with Gasteiger partial charge in [-0.15, -0.1) is 0 Å². The normalized spacial score (nSPS) is 23.1. The first-order valence-electron chi connectivity index (χ1n) is 7.46. The summed E-state index contributed by atoms with van der Waals surface area (Å²) in [4.78, 5) is 13.3. The van der Waals surface area contributed by atoms with Crippen molar-refractivity contribution in [1.82, 2.24) is 4.90 Å². The van der Waals surface area contributed by atoms with E-state index in [4.69, 9.17) is 14.2 Å². The van der Waals surface area contributed by atoms with E-state index in [0.29, 0.717) is 22.6 Å². The molecular weight excluding hydrogens is 310 g/mol. The highest BCUT2D eigenvalue weighted by atomic mass is 16.6. The molecule has 2 aromatic carbocycles. The average molecular weight is 329 g/mol. The minimum Gasteiger partial charge on any atom is -0.497 e. The van der Waals surface area contributed by atoms with Gasteiger partial charge in [0, 0.05) is 12.6 Å². The van der Waals surface area contributed by atoms with Crippen LogP contribution in [0.3, 0.4) is 0 Å². The predicted molar refractivity (Wildman–Crippen MR) is 86.9 cm³/mol. The molecule has 6 nitrogen and oxygen atoms in total. The first kappa shape index (κ1) is 16.1. The molecule has 126 valence electrons. The Morgan fingerprint density at radius 3 is 2.00 bits per heavy atom. The number of methoxy groups -OCH3 is 2. The Kier molecular flexibility index (Phi) is 4.07. The number of aliphatic hydroxyl groups is 1. The fourth-order valence-electron chi connectivity index (χ4n) is 2.84. The van der Waals surface area contributed by atoms with Gasteiger partial charge >= 0.3 is 6.09 Å². The van der Waals surface area contributed by atoms with E-state index in [1.165, 1.54) is 11.9 Å². The maximum absolute atomic E-state index is 12.1. The summed E-state index contributed by atoms with van der Waals surface area (Å²) in [5.41, 5.74) is -0.401. The lowest BCUT2D eigenvalue weighted by Crippen LogP contribution is -2.43. The average Bonchev–Trinajstić information content (AvgIpc) is 2.87. The van der Waals surface area contributed by atoms with Gasteiger partial charge in [0.2, 0.25) is 5.72 Å². The molecule has 0 aliphatic carbocycles. The van der Waals surface area contributed by atoms with Crippen LogP contribution in [0.25, 0.3) is 0 Å². The van der Waals surface area contributed by atoms with Gasteiger partial charge in [0.15, 0.2) is 6.10 Å². The lowest BCUT2D eigenvalue weighted by atomic mass is 9.91. The summed E-state index contributed by atoms with van der Waals surface area (Å²) in [6.45, 7) is 0. The number of cyclic esters (lactones) is 1. The Bertz CT molecular complexity index is 728. The molecule has 2 aromatic rings. The minimum absolute atomic E-state index is 0.539. The second-order valence-electron chi connectivity index (χ2n) is 5.55. The van der Waals surface area contributed by atoms with Crippen LogP contribution in [-0.2, 0) is 10.5 Å². The standard InChI is InChI=1S/C18H19NO5/c1-19-17(20)24-16(12-4-8-14(22-2)9-5-12)18(19,21)13-6-10-15(23-3)11-7-13/h4-11,16,21H,1-3H3/t16-,18-/m0/s1. The lowest BCUT2D eigenvalue weighted by Gasteiger charge is -2.32. The summed E-state index contributed by atoms with van der Waals surface area (Å²) in [5, 5.41) is 11.3. The zero-order valence-electron chi connectivity index (χ0n) is 13.7. The summed E-state index contributed by atoms with van der Waals surface area (Å²) in [6.07, 6.45) is -1.44. The summed E-state index contributed by atoms with van der Waals surface area (Å²) in [6, 6.07) is 14.0. The van der Waals surface area contributed by atoms with Crippen molar-refractivity contribution in [3.05, 3.63) is 59.7 Å². The third-order valence-corrected chi connectivity index (χ3v) is 4.30. The van der Waals surface area contributed by atoms with E-state index in [0.717, 1.165) is 0 Å². The molecule has 0 unspecified atom stereocenters. The van der Waals surface area contributed by atoms with Crippen LogP contribution in [0.15, 0.2) is 48.5 Å². The molecule has 0 saturated carbocycles. The summed E-state index contributed by atoms with van der Waals surface area (Å²) >= 11 is 0. The van der Waals surface area contributed by atoms with E-state index in [9.17, 15) is 9.90 Å². The van der Waals surface area contributed by atoms with Crippen molar-refractivity contribution in [2.24, 2.45) is 0 Å². The van der Waals surface area contributed by atoms with Gasteiger partial charge in [-0.2, -0.15) is 0 Å². The first-order valence-corrected chi connectivity index (χ1v) is 7.46. The summed E-state index contributed by atoms with van der Waals surface area (Å²) in [5.74, 6) is 1.35. The van der Waals surface area contributed by atoms with Gasteiger partial charge in [-0.3, -0.25) is 4.90 Å². The van der Waals surface area contributed by atoms with Crippen molar-refractivity contribution >= 4 is 6.09 Å². The number of hydrogen-bond donors (Lipinski definition) is 1. The van der Waals surface area contributed by atoms with Crippen LogP contribution in [0.5, 0.6) is 11.5 Å². The van der Waals surface area contributed by atoms with Crippen LogP contribution in [0, 0.1) is 0 Å². The van der Waals surface area contributed by atoms with Crippen molar-refractivity contribution in [3.8, 4) is 11.5 Å². The molecule has 1 aliphatic rings. The molecule has 1 aliphatic heterocycles. The molecule has 0 spiro atoms. The second kappa shape index (κ2) is 6.05. The van der Waals surface area contributed by atoms with E-state index in [2.05, 4.69) is 0 Å². The highest BCUT2D eigenvalue weighted by Crippen LogP contribution is 2.46. The fraction of sp³-hybridized carbons (Fsp3) is 0.278. The monoisotopic (exact) mass is 329 g/mol. The highest BCUT2D eigenvalue weighted by molar-refractivity contribution is 5.72. The van der Waals surface area contributed by atoms with Crippen LogP contribution in [-0.4, -0.2) is 37.4 Å². The number of carbonyl (C=O) groups excluding carboxylic acids is 1. The van der Waals surface area contributed by atoms with Crippen LogP contribution in [0.1, 0.15) is 17.2 Å². The van der Waals surface area contributed by atoms with Gasteiger partial charge in [0.05, 0.1) is 14.2 Å². The van der Waals surface area contributed by atoms with Crippen molar-refractivity contribution in [2.45, 2.75) is 11.8 Å². The van der Waals surface area contributed by atoms with Gasteiger partial charge < -0.3 is 19.3 Å². The number of hydrogen-bond acceptors (Lipinski definition) is 5. The Labute approximate surface area is 140 Å². The molecule has 0 radical (unpaired) electrons. The zero-order chi connectivity index (χ0) is 17.3. The van der Waals surface area contributed by atoms with Gasteiger partial charge in [0.25, 0.3) is 0 Å². The number of amides is 1. The van der Waals surface area contributed by atoms with Gasteiger partial charge in [-0.25, -0.2) is 4.79 Å². The molecule has 1 saturated heterocycles. The number of nitrogens with zero attached hydrogens (tertiary/aromatic N) is 1.